The molecule has 1 amide bonds. The Bertz CT molecular complexity index is 408. The van der Waals surface area contributed by atoms with E-state index in [1.54, 1.807) is 25.1 Å². The monoisotopic (exact) mass is 238 g/mol. The molecule has 4 heteroatoms. The molecule has 17 heavy (non-hydrogen) atoms. The van der Waals surface area contributed by atoms with Gasteiger partial charge in [0.1, 0.15) is 11.4 Å². The van der Waals surface area contributed by atoms with Gasteiger partial charge in [-0.05, 0) is 25.0 Å². The molecule has 0 saturated carbocycles. The molecule has 0 aromatic heterocycles. The number of nitrogens with one attached hydrogen (secondary N) is 1. The summed E-state index contributed by atoms with van der Waals surface area (Å²) in [6, 6.07) is 6.26. The van der Waals surface area contributed by atoms with Crippen LogP contribution < -0.4 is 11.1 Å². The first-order valence-electron chi connectivity index (χ1n) is 5.74. The first-order valence-corrected chi connectivity index (χ1v) is 5.74. The third kappa shape index (κ3) is 2.75. The standard InChI is InChI=1S/C13H19FN2O/c1-4-9(2)13(3,12(15)17)16-11-8-6-5-7-10(11)14/h5-9,16H,4H2,1-3H3,(H2,15,17). The second-order valence-electron chi connectivity index (χ2n) is 4.48. The minimum absolute atomic E-state index is 0.0135. The lowest BCUT2D eigenvalue weighted by atomic mass is 9.84. The van der Waals surface area contributed by atoms with E-state index in [4.69, 9.17) is 5.73 Å². The van der Waals surface area contributed by atoms with E-state index in [1.807, 2.05) is 13.8 Å². The summed E-state index contributed by atoms with van der Waals surface area (Å²) in [5, 5.41) is 2.92. The molecule has 0 heterocycles. The van der Waals surface area contributed by atoms with Crippen molar-refractivity contribution in [3.05, 3.63) is 30.1 Å². The predicted octanol–water partition coefficient (Wildman–Crippen LogP) is 2.53. The van der Waals surface area contributed by atoms with Gasteiger partial charge in [-0.15, -0.1) is 0 Å². The summed E-state index contributed by atoms with van der Waals surface area (Å²) in [6.07, 6.45) is 0.779. The average molecular weight is 238 g/mol. The maximum atomic E-state index is 13.5. The van der Waals surface area contributed by atoms with Crippen LogP contribution in [-0.2, 0) is 4.79 Å². The van der Waals surface area contributed by atoms with E-state index in [2.05, 4.69) is 5.32 Å². The van der Waals surface area contributed by atoms with Crippen LogP contribution in [0.2, 0.25) is 0 Å². The number of para-hydroxylation sites is 1. The van der Waals surface area contributed by atoms with Gasteiger partial charge in [-0.25, -0.2) is 4.39 Å². The van der Waals surface area contributed by atoms with Crippen molar-refractivity contribution in [2.24, 2.45) is 11.7 Å². The number of anilines is 1. The van der Waals surface area contributed by atoms with E-state index in [-0.39, 0.29) is 11.7 Å². The van der Waals surface area contributed by atoms with E-state index in [0.29, 0.717) is 5.69 Å². The molecule has 0 radical (unpaired) electrons. The fourth-order valence-electron chi connectivity index (χ4n) is 1.68. The van der Waals surface area contributed by atoms with Crippen LogP contribution >= 0.6 is 0 Å². The molecule has 3 N–H and O–H groups in total. The van der Waals surface area contributed by atoms with Gasteiger partial charge in [0.05, 0.1) is 5.69 Å². The molecule has 0 saturated heterocycles. The number of hydrogen-bond acceptors (Lipinski definition) is 2. The molecular weight excluding hydrogens is 219 g/mol. The maximum absolute atomic E-state index is 13.5. The fourth-order valence-corrected chi connectivity index (χ4v) is 1.68. The summed E-state index contributed by atoms with van der Waals surface area (Å²) in [6.45, 7) is 5.59. The van der Waals surface area contributed by atoms with Gasteiger partial charge in [0.25, 0.3) is 0 Å². The van der Waals surface area contributed by atoms with Crippen LogP contribution in [0.1, 0.15) is 27.2 Å². The van der Waals surface area contributed by atoms with Gasteiger partial charge in [-0.2, -0.15) is 0 Å². The molecule has 2 unspecified atom stereocenters. The van der Waals surface area contributed by atoms with Crippen molar-refractivity contribution in [1.82, 2.24) is 0 Å². The second-order valence-corrected chi connectivity index (χ2v) is 4.48. The van der Waals surface area contributed by atoms with E-state index >= 15 is 0 Å². The molecule has 0 bridgehead atoms. The van der Waals surface area contributed by atoms with Gasteiger partial charge in [0.15, 0.2) is 0 Å². The van der Waals surface area contributed by atoms with Gasteiger partial charge in [-0.1, -0.05) is 32.4 Å². The van der Waals surface area contributed by atoms with E-state index in [0.717, 1.165) is 6.42 Å². The van der Waals surface area contributed by atoms with Crippen LogP contribution in [0.25, 0.3) is 0 Å². The summed E-state index contributed by atoms with van der Waals surface area (Å²) in [7, 11) is 0. The van der Waals surface area contributed by atoms with Crippen molar-refractivity contribution in [3.63, 3.8) is 0 Å². The molecule has 0 spiro atoms. The molecule has 0 aliphatic rings. The summed E-state index contributed by atoms with van der Waals surface area (Å²) in [5.74, 6) is -0.849. The zero-order valence-electron chi connectivity index (χ0n) is 10.5. The van der Waals surface area contributed by atoms with E-state index in [9.17, 15) is 9.18 Å². The van der Waals surface area contributed by atoms with Crippen molar-refractivity contribution in [1.29, 1.82) is 0 Å². The maximum Gasteiger partial charge on any atom is 0.243 e. The van der Waals surface area contributed by atoms with Gasteiger partial charge < -0.3 is 11.1 Å². The van der Waals surface area contributed by atoms with Crippen LogP contribution in [0.4, 0.5) is 10.1 Å². The highest BCUT2D eigenvalue weighted by atomic mass is 19.1. The SMILES string of the molecule is CCC(C)C(C)(Nc1ccccc1F)C(N)=O. The van der Waals surface area contributed by atoms with Crippen molar-refractivity contribution in [3.8, 4) is 0 Å². The molecule has 3 nitrogen and oxygen atoms in total. The highest BCUT2D eigenvalue weighted by Crippen LogP contribution is 2.26. The van der Waals surface area contributed by atoms with Crippen molar-refractivity contribution in [2.75, 3.05) is 5.32 Å². The minimum Gasteiger partial charge on any atom is -0.369 e. The third-order valence-corrected chi connectivity index (χ3v) is 3.38. The molecule has 0 aliphatic heterocycles. The summed E-state index contributed by atoms with van der Waals surface area (Å²) < 4.78 is 13.5. The normalized spacial score (nSPS) is 16.0. The Morgan fingerprint density at radius 3 is 2.59 bits per heavy atom. The lowest BCUT2D eigenvalue weighted by Crippen LogP contribution is -2.52. The van der Waals surface area contributed by atoms with Crippen molar-refractivity contribution in [2.45, 2.75) is 32.7 Å². The van der Waals surface area contributed by atoms with Gasteiger partial charge >= 0.3 is 0 Å². The van der Waals surface area contributed by atoms with Crippen molar-refractivity contribution >= 4 is 11.6 Å². The van der Waals surface area contributed by atoms with Crippen LogP contribution in [0.15, 0.2) is 24.3 Å². The molecule has 0 fully saturated rings. The Morgan fingerprint density at radius 2 is 2.12 bits per heavy atom. The molecular formula is C13H19FN2O. The third-order valence-electron chi connectivity index (χ3n) is 3.38. The minimum atomic E-state index is -0.947. The molecule has 1 aromatic rings. The number of benzene rings is 1. The number of hydrogen-bond donors (Lipinski definition) is 2. The quantitative estimate of drug-likeness (QED) is 0.828. The largest absolute Gasteiger partial charge is 0.369 e. The Labute approximate surface area is 101 Å². The number of primary amides is 1. The van der Waals surface area contributed by atoms with Crippen LogP contribution in [0.5, 0.6) is 0 Å². The molecule has 94 valence electrons. The van der Waals surface area contributed by atoms with Crippen LogP contribution in [-0.4, -0.2) is 11.4 Å². The highest BCUT2D eigenvalue weighted by Gasteiger charge is 2.36. The number of halogens is 1. The molecule has 0 aliphatic carbocycles. The molecule has 1 aromatic carbocycles. The topological polar surface area (TPSA) is 55.1 Å². The number of rotatable bonds is 5. The molecule has 1 rings (SSSR count). The van der Waals surface area contributed by atoms with Crippen LogP contribution in [0, 0.1) is 11.7 Å². The number of carbonyl (C=O) groups excluding carboxylic acids is 1. The summed E-state index contributed by atoms with van der Waals surface area (Å²) in [5.41, 5.74) is 4.77. The first-order chi connectivity index (χ1) is 7.91. The van der Waals surface area contributed by atoms with Crippen molar-refractivity contribution < 1.29 is 9.18 Å². The van der Waals surface area contributed by atoms with E-state index in [1.165, 1.54) is 6.07 Å². The number of carbonyl (C=O) groups is 1. The number of nitrogens with two attached hydrogens (primary N) is 1. The Morgan fingerprint density at radius 1 is 1.53 bits per heavy atom. The highest BCUT2D eigenvalue weighted by molar-refractivity contribution is 5.87. The van der Waals surface area contributed by atoms with Gasteiger partial charge in [0, 0.05) is 0 Å². The Balaban J connectivity index is 3.03. The lowest BCUT2D eigenvalue weighted by molar-refractivity contribution is -0.123. The lowest BCUT2D eigenvalue weighted by Gasteiger charge is -2.34. The Kier molecular flexibility index (Phi) is 4.10. The zero-order valence-corrected chi connectivity index (χ0v) is 10.5. The Hall–Kier alpha value is -1.58. The average Bonchev–Trinajstić information content (AvgIpc) is 2.30. The fraction of sp³-hybridized carbons (Fsp3) is 0.462. The number of amides is 1. The second kappa shape index (κ2) is 5.17. The summed E-state index contributed by atoms with van der Waals surface area (Å²) >= 11 is 0. The summed E-state index contributed by atoms with van der Waals surface area (Å²) in [4.78, 5) is 11.6. The first kappa shape index (κ1) is 13.5. The predicted molar refractivity (Wildman–Crippen MR) is 67.1 cm³/mol. The smallest absolute Gasteiger partial charge is 0.243 e. The van der Waals surface area contributed by atoms with Gasteiger partial charge in [0.2, 0.25) is 5.91 Å². The van der Waals surface area contributed by atoms with E-state index < -0.39 is 11.4 Å². The zero-order chi connectivity index (χ0) is 13.1. The molecule has 2 atom stereocenters. The van der Waals surface area contributed by atoms with Gasteiger partial charge in [-0.3, -0.25) is 4.79 Å². The van der Waals surface area contributed by atoms with Crippen LogP contribution in [0.3, 0.4) is 0 Å².